The number of carbonyl (C=O) groups excluding carboxylic acids is 1. The molecule has 0 saturated carbocycles. The molecule has 0 aliphatic rings. The molecule has 2 aromatic rings. The highest BCUT2D eigenvalue weighted by atomic mass is 35.5. The van der Waals surface area contributed by atoms with Crippen molar-refractivity contribution in [2.75, 3.05) is 11.1 Å². The lowest BCUT2D eigenvalue weighted by Crippen LogP contribution is -2.14. The summed E-state index contributed by atoms with van der Waals surface area (Å²) < 4.78 is 0. The molecule has 2 rings (SSSR count). The molecule has 1 amide bonds. The molecule has 4 nitrogen and oxygen atoms in total. The van der Waals surface area contributed by atoms with Crippen molar-refractivity contribution in [3.8, 4) is 0 Å². The minimum Gasteiger partial charge on any atom is -0.399 e. The van der Waals surface area contributed by atoms with E-state index in [1.165, 1.54) is 24.4 Å². The average molecular weight is 317 g/mol. The molecule has 7 heteroatoms. The maximum Gasteiger partial charge on any atom is 0.258 e. The van der Waals surface area contributed by atoms with E-state index in [4.69, 9.17) is 40.5 Å². The number of nitrogen functional groups attached to an aromatic ring is 1. The number of pyridine rings is 1. The lowest BCUT2D eigenvalue weighted by atomic mass is 10.2. The minimum atomic E-state index is -0.464. The van der Waals surface area contributed by atoms with Crippen LogP contribution in [0.5, 0.6) is 0 Å². The number of rotatable bonds is 2. The van der Waals surface area contributed by atoms with Gasteiger partial charge in [0.15, 0.2) is 0 Å². The van der Waals surface area contributed by atoms with E-state index >= 15 is 0 Å². The summed E-state index contributed by atoms with van der Waals surface area (Å²) in [5, 5.41) is 3.37. The number of hydrogen-bond donors (Lipinski definition) is 2. The number of hydrogen-bond acceptors (Lipinski definition) is 3. The molecular weight excluding hydrogens is 309 g/mol. The van der Waals surface area contributed by atoms with Gasteiger partial charge in [-0.3, -0.25) is 4.79 Å². The van der Waals surface area contributed by atoms with Crippen molar-refractivity contribution < 1.29 is 4.79 Å². The van der Waals surface area contributed by atoms with Crippen molar-refractivity contribution in [2.24, 2.45) is 0 Å². The second kappa shape index (κ2) is 5.65. The van der Waals surface area contributed by atoms with E-state index < -0.39 is 5.91 Å². The topological polar surface area (TPSA) is 68.0 Å². The summed E-state index contributed by atoms with van der Waals surface area (Å²) in [6, 6.07) is 6.02. The van der Waals surface area contributed by atoms with Crippen molar-refractivity contribution in [3.05, 3.63) is 51.1 Å². The predicted octanol–water partition coefficient (Wildman–Crippen LogP) is 3.88. The van der Waals surface area contributed by atoms with Gasteiger partial charge in [-0.2, -0.15) is 0 Å². The Hall–Kier alpha value is -1.49. The van der Waals surface area contributed by atoms with Crippen LogP contribution in [0, 0.1) is 0 Å². The molecule has 3 N–H and O–H groups in total. The van der Waals surface area contributed by atoms with Crippen molar-refractivity contribution in [2.45, 2.75) is 0 Å². The summed E-state index contributed by atoms with van der Waals surface area (Å²) in [5.74, 6) is -0.152. The Kier molecular flexibility index (Phi) is 4.14. The predicted molar refractivity (Wildman–Crippen MR) is 78.1 cm³/mol. The molecule has 1 aromatic heterocycles. The molecule has 1 heterocycles. The monoisotopic (exact) mass is 315 g/mol. The molecular formula is C12H8Cl3N3O. The Labute approximate surface area is 124 Å². The van der Waals surface area contributed by atoms with E-state index in [2.05, 4.69) is 10.3 Å². The molecule has 0 saturated heterocycles. The Bertz CT molecular complexity index is 646. The van der Waals surface area contributed by atoms with Crippen LogP contribution >= 0.6 is 34.8 Å². The van der Waals surface area contributed by atoms with Gasteiger partial charge < -0.3 is 11.1 Å². The van der Waals surface area contributed by atoms with Gasteiger partial charge in [0.1, 0.15) is 5.82 Å². The largest absolute Gasteiger partial charge is 0.399 e. The first-order valence-corrected chi connectivity index (χ1v) is 6.28. The number of benzene rings is 1. The number of nitrogens with one attached hydrogen (secondary N) is 1. The Balaban J connectivity index is 2.30. The Morgan fingerprint density at radius 2 is 1.95 bits per heavy atom. The summed E-state index contributed by atoms with van der Waals surface area (Å²) in [6.45, 7) is 0. The maximum atomic E-state index is 12.1. The minimum absolute atomic E-state index is 0.135. The van der Waals surface area contributed by atoms with Gasteiger partial charge in [0.2, 0.25) is 0 Å². The van der Waals surface area contributed by atoms with Crippen LogP contribution in [0.3, 0.4) is 0 Å². The molecule has 0 unspecified atom stereocenters. The first-order valence-electron chi connectivity index (χ1n) is 5.15. The van der Waals surface area contributed by atoms with E-state index in [0.29, 0.717) is 16.5 Å². The van der Waals surface area contributed by atoms with Crippen LogP contribution in [0.25, 0.3) is 0 Å². The van der Waals surface area contributed by atoms with Crippen LogP contribution in [0.15, 0.2) is 30.5 Å². The van der Waals surface area contributed by atoms with Crippen LogP contribution in [0.1, 0.15) is 10.4 Å². The highest BCUT2D eigenvalue weighted by Crippen LogP contribution is 2.29. The quantitative estimate of drug-likeness (QED) is 0.826. The highest BCUT2D eigenvalue weighted by molar-refractivity contribution is 6.44. The van der Waals surface area contributed by atoms with Crippen molar-refractivity contribution >= 4 is 52.2 Å². The number of carbonyl (C=O) groups is 1. The zero-order valence-corrected chi connectivity index (χ0v) is 11.7. The smallest absolute Gasteiger partial charge is 0.258 e. The van der Waals surface area contributed by atoms with Gasteiger partial charge in [-0.05, 0) is 24.3 Å². The zero-order chi connectivity index (χ0) is 14.0. The van der Waals surface area contributed by atoms with E-state index in [9.17, 15) is 4.79 Å². The van der Waals surface area contributed by atoms with E-state index in [0.717, 1.165) is 0 Å². The number of halogens is 3. The SMILES string of the molecule is Nc1cc(Cl)c(Cl)c(C(=O)Nc2cc(Cl)ccn2)c1. The molecule has 19 heavy (non-hydrogen) atoms. The average Bonchev–Trinajstić information content (AvgIpc) is 2.33. The molecule has 0 spiro atoms. The number of anilines is 2. The summed E-state index contributed by atoms with van der Waals surface area (Å²) in [6.07, 6.45) is 1.48. The van der Waals surface area contributed by atoms with Gasteiger partial charge in [-0.1, -0.05) is 34.8 Å². The van der Waals surface area contributed by atoms with Crippen molar-refractivity contribution in [1.82, 2.24) is 4.98 Å². The Morgan fingerprint density at radius 1 is 1.21 bits per heavy atom. The molecule has 0 fully saturated rings. The highest BCUT2D eigenvalue weighted by Gasteiger charge is 2.14. The molecule has 0 aliphatic carbocycles. The number of aromatic nitrogens is 1. The standard InChI is InChI=1S/C12H8Cl3N3O/c13-6-1-2-17-10(3-6)18-12(19)8-4-7(16)5-9(14)11(8)15/h1-5H,16H2,(H,17,18,19). The van der Waals surface area contributed by atoms with Gasteiger partial charge in [-0.25, -0.2) is 4.98 Å². The number of amides is 1. The summed E-state index contributed by atoms with van der Waals surface area (Å²) in [5.41, 5.74) is 6.14. The third-order valence-corrected chi connectivity index (χ3v) is 3.30. The molecule has 1 aromatic carbocycles. The molecule has 98 valence electrons. The van der Waals surface area contributed by atoms with Crippen LogP contribution in [0.4, 0.5) is 11.5 Å². The van der Waals surface area contributed by atoms with Gasteiger partial charge in [0, 0.05) is 16.9 Å². The number of nitrogens with zero attached hydrogens (tertiary/aromatic N) is 1. The molecule has 0 bridgehead atoms. The van der Waals surface area contributed by atoms with Gasteiger partial charge in [-0.15, -0.1) is 0 Å². The first-order chi connectivity index (χ1) is 8.97. The first kappa shape index (κ1) is 13.9. The fraction of sp³-hybridized carbons (Fsp3) is 0. The van der Waals surface area contributed by atoms with E-state index in [-0.39, 0.29) is 15.6 Å². The maximum absolute atomic E-state index is 12.1. The lowest BCUT2D eigenvalue weighted by Gasteiger charge is -2.08. The van der Waals surface area contributed by atoms with Crippen LogP contribution in [-0.2, 0) is 0 Å². The summed E-state index contributed by atoms with van der Waals surface area (Å²) in [4.78, 5) is 16.0. The normalized spacial score (nSPS) is 10.3. The summed E-state index contributed by atoms with van der Waals surface area (Å²) >= 11 is 17.6. The zero-order valence-electron chi connectivity index (χ0n) is 9.45. The second-order valence-corrected chi connectivity index (χ2v) is 4.90. The van der Waals surface area contributed by atoms with E-state index in [1.54, 1.807) is 6.07 Å². The molecule has 0 radical (unpaired) electrons. The molecule has 0 aliphatic heterocycles. The van der Waals surface area contributed by atoms with Crippen molar-refractivity contribution in [1.29, 1.82) is 0 Å². The van der Waals surface area contributed by atoms with E-state index in [1.807, 2.05) is 0 Å². The fourth-order valence-electron chi connectivity index (χ4n) is 1.43. The van der Waals surface area contributed by atoms with Crippen LogP contribution < -0.4 is 11.1 Å². The van der Waals surface area contributed by atoms with Gasteiger partial charge >= 0.3 is 0 Å². The summed E-state index contributed by atoms with van der Waals surface area (Å²) in [7, 11) is 0. The second-order valence-electron chi connectivity index (χ2n) is 3.68. The van der Waals surface area contributed by atoms with Gasteiger partial charge in [0.25, 0.3) is 5.91 Å². The van der Waals surface area contributed by atoms with Crippen LogP contribution in [-0.4, -0.2) is 10.9 Å². The Morgan fingerprint density at radius 3 is 2.63 bits per heavy atom. The third kappa shape index (κ3) is 3.29. The third-order valence-electron chi connectivity index (χ3n) is 2.26. The van der Waals surface area contributed by atoms with Crippen molar-refractivity contribution in [3.63, 3.8) is 0 Å². The van der Waals surface area contributed by atoms with Crippen LogP contribution in [0.2, 0.25) is 15.1 Å². The lowest BCUT2D eigenvalue weighted by molar-refractivity contribution is 0.102. The van der Waals surface area contributed by atoms with Gasteiger partial charge in [0.05, 0.1) is 15.6 Å². The molecule has 0 atom stereocenters. The fourth-order valence-corrected chi connectivity index (χ4v) is 2.01. The number of nitrogens with two attached hydrogens (primary N) is 1.